The Labute approximate surface area is 207 Å². The summed E-state index contributed by atoms with van der Waals surface area (Å²) in [5.41, 5.74) is 6.40. The first-order valence-corrected chi connectivity index (χ1v) is 12.4. The lowest BCUT2D eigenvalue weighted by molar-refractivity contribution is -0.167. The number of ether oxygens (including phenoxy) is 2. The molecular formula is C27H35ClN2O4. The Bertz CT molecular complexity index is 938. The molecule has 3 rings (SSSR count). The van der Waals surface area contributed by atoms with Crippen LogP contribution in [0.2, 0.25) is 5.02 Å². The van der Waals surface area contributed by atoms with Crippen LogP contribution in [0.15, 0.2) is 48.5 Å². The number of benzene rings is 2. The number of rotatable bonds is 10. The second-order valence-electron chi connectivity index (χ2n) is 9.35. The molecule has 0 radical (unpaired) electrons. The molecule has 1 atom stereocenters. The molecule has 0 heterocycles. The maximum atomic E-state index is 12.8. The highest BCUT2D eigenvalue weighted by Gasteiger charge is 2.35. The van der Waals surface area contributed by atoms with Crippen LogP contribution in [0.3, 0.4) is 0 Å². The average Bonchev–Trinajstić information content (AvgIpc) is 2.84. The largest absolute Gasteiger partial charge is 0.476 e. The topological polar surface area (TPSA) is 90.6 Å². The predicted molar refractivity (Wildman–Crippen MR) is 134 cm³/mol. The first-order chi connectivity index (χ1) is 16.3. The van der Waals surface area contributed by atoms with Crippen LogP contribution >= 0.6 is 11.6 Å². The molecule has 0 saturated heterocycles. The van der Waals surface area contributed by atoms with Gasteiger partial charge in [0.15, 0.2) is 5.60 Å². The van der Waals surface area contributed by atoms with E-state index in [0.717, 1.165) is 31.2 Å². The molecule has 7 heteroatoms. The third-order valence-electron chi connectivity index (χ3n) is 6.26. The van der Waals surface area contributed by atoms with Crippen molar-refractivity contribution in [3.05, 3.63) is 64.7 Å². The summed E-state index contributed by atoms with van der Waals surface area (Å²) in [6.07, 6.45) is 6.08. The fourth-order valence-corrected chi connectivity index (χ4v) is 4.33. The van der Waals surface area contributed by atoms with Crippen LogP contribution in [0.1, 0.15) is 61.9 Å². The van der Waals surface area contributed by atoms with Crippen molar-refractivity contribution in [1.82, 2.24) is 5.32 Å². The third kappa shape index (κ3) is 7.47. The number of carbonyl (C=O) groups excluding carboxylic acids is 2. The highest BCUT2D eigenvalue weighted by atomic mass is 35.5. The number of esters is 1. The Balaban J connectivity index is 1.48. The predicted octanol–water partition coefficient (Wildman–Crippen LogP) is 4.92. The summed E-state index contributed by atoms with van der Waals surface area (Å²) in [5.74, 6) is 0.374. The SMILES string of the molecule is CC(C)(Oc1ccc(CCNC(=O)c2ccc(Cl)cc2)cc1)C(=O)OC(CN)C1CCCCC1. The monoisotopic (exact) mass is 486 g/mol. The van der Waals surface area contributed by atoms with Crippen molar-refractivity contribution in [2.75, 3.05) is 13.1 Å². The van der Waals surface area contributed by atoms with Gasteiger partial charge in [-0.05, 0) is 81.0 Å². The van der Waals surface area contributed by atoms with E-state index in [9.17, 15) is 9.59 Å². The number of hydrogen-bond donors (Lipinski definition) is 2. The summed E-state index contributed by atoms with van der Waals surface area (Å²) in [7, 11) is 0. The van der Waals surface area contributed by atoms with Crippen LogP contribution in [-0.4, -0.2) is 36.7 Å². The van der Waals surface area contributed by atoms with Gasteiger partial charge in [-0.25, -0.2) is 4.79 Å². The van der Waals surface area contributed by atoms with Crippen molar-refractivity contribution in [2.45, 2.75) is 64.1 Å². The second kappa shape index (κ2) is 12.2. The molecule has 1 amide bonds. The van der Waals surface area contributed by atoms with Gasteiger partial charge in [0.05, 0.1) is 0 Å². The van der Waals surface area contributed by atoms with E-state index < -0.39 is 11.6 Å². The van der Waals surface area contributed by atoms with E-state index in [1.54, 1.807) is 38.1 Å². The summed E-state index contributed by atoms with van der Waals surface area (Å²) >= 11 is 5.86. The minimum Gasteiger partial charge on any atom is -0.476 e. The van der Waals surface area contributed by atoms with Crippen LogP contribution in [0.5, 0.6) is 5.75 Å². The maximum absolute atomic E-state index is 12.8. The van der Waals surface area contributed by atoms with Gasteiger partial charge >= 0.3 is 5.97 Å². The van der Waals surface area contributed by atoms with E-state index in [4.69, 9.17) is 26.8 Å². The van der Waals surface area contributed by atoms with Crippen molar-refractivity contribution < 1.29 is 19.1 Å². The molecule has 6 nitrogen and oxygen atoms in total. The lowest BCUT2D eigenvalue weighted by Crippen LogP contribution is -2.45. The Kier molecular flexibility index (Phi) is 9.36. The number of carbonyl (C=O) groups is 2. The van der Waals surface area contributed by atoms with E-state index in [2.05, 4.69) is 5.32 Å². The second-order valence-corrected chi connectivity index (χ2v) is 9.78. The molecule has 1 unspecified atom stereocenters. The summed E-state index contributed by atoms with van der Waals surface area (Å²) in [6.45, 7) is 4.25. The van der Waals surface area contributed by atoms with E-state index in [1.807, 2.05) is 24.3 Å². The zero-order chi connectivity index (χ0) is 24.6. The van der Waals surface area contributed by atoms with Crippen LogP contribution in [0.4, 0.5) is 0 Å². The van der Waals surface area contributed by atoms with Crippen molar-refractivity contribution in [3.63, 3.8) is 0 Å². The molecule has 0 aliphatic heterocycles. The molecule has 0 spiro atoms. The third-order valence-corrected chi connectivity index (χ3v) is 6.51. The Morgan fingerprint density at radius 2 is 1.71 bits per heavy atom. The van der Waals surface area contributed by atoms with Crippen LogP contribution in [0.25, 0.3) is 0 Å². The molecule has 3 N–H and O–H groups in total. The van der Waals surface area contributed by atoms with Crippen molar-refractivity contribution in [2.24, 2.45) is 11.7 Å². The number of nitrogens with two attached hydrogens (primary N) is 1. The lowest BCUT2D eigenvalue weighted by Gasteiger charge is -2.32. The summed E-state index contributed by atoms with van der Waals surface area (Å²) in [4.78, 5) is 25.0. The van der Waals surface area contributed by atoms with Gasteiger partial charge in [-0.15, -0.1) is 0 Å². The van der Waals surface area contributed by atoms with E-state index >= 15 is 0 Å². The molecule has 1 aliphatic carbocycles. The van der Waals surface area contributed by atoms with Gasteiger partial charge in [0, 0.05) is 23.7 Å². The smallest absolute Gasteiger partial charge is 0.350 e. The normalized spacial score (nSPS) is 15.4. The van der Waals surface area contributed by atoms with Crippen LogP contribution in [-0.2, 0) is 16.0 Å². The van der Waals surface area contributed by atoms with Gasteiger partial charge < -0.3 is 20.5 Å². The van der Waals surface area contributed by atoms with Gasteiger partial charge in [-0.2, -0.15) is 0 Å². The van der Waals surface area contributed by atoms with Gasteiger partial charge in [0.1, 0.15) is 11.9 Å². The Hall–Kier alpha value is -2.57. The van der Waals surface area contributed by atoms with Crippen molar-refractivity contribution in [1.29, 1.82) is 0 Å². The van der Waals surface area contributed by atoms with Crippen LogP contribution in [0, 0.1) is 5.92 Å². The molecule has 34 heavy (non-hydrogen) atoms. The van der Waals surface area contributed by atoms with E-state index in [-0.39, 0.29) is 12.0 Å². The molecule has 0 bridgehead atoms. The highest BCUT2D eigenvalue weighted by molar-refractivity contribution is 6.30. The Morgan fingerprint density at radius 3 is 2.32 bits per heavy atom. The number of nitrogens with one attached hydrogen (secondary N) is 1. The Morgan fingerprint density at radius 1 is 1.06 bits per heavy atom. The first-order valence-electron chi connectivity index (χ1n) is 12.0. The summed E-state index contributed by atoms with van der Waals surface area (Å²) in [5, 5.41) is 3.50. The molecule has 2 aromatic rings. The zero-order valence-electron chi connectivity index (χ0n) is 20.0. The fourth-order valence-electron chi connectivity index (χ4n) is 4.21. The maximum Gasteiger partial charge on any atom is 0.350 e. The molecule has 1 aliphatic rings. The fraction of sp³-hybridized carbons (Fsp3) is 0.481. The van der Waals surface area contributed by atoms with E-state index in [1.165, 1.54) is 6.42 Å². The molecule has 1 fully saturated rings. The minimum atomic E-state index is -1.13. The number of amides is 1. The molecule has 2 aromatic carbocycles. The summed E-state index contributed by atoms with van der Waals surface area (Å²) < 4.78 is 11.7. The first kappa shape index (κ1) is 26.0. The number of hydrogen-bond acceptors (Lipinski definition) is 5. The van der Waals surface area contributed by atoms with Crippen molar-refractivity contribution >= 4 is 23.5 Å². The number of halogens is 1. The quantitative estimate of drug-likeness (QED) is 0.465. The van der Waals surface area contributed by atoms with Gasteiger partial charge in [-0.1, -0.05) is 43.0 Å². The molecule has 1 saturated carbocycles. The standard InChI is InChI=1S/C27H35ClN2O4/c1-27(2,26(32)33-24(18-29)20-6-4-3-5-7-20)34-23-14-8-19(9-15-23)16-17-30-25(31)21-10-12-22(28)13-11-21/h8-15,20,24H,3-7,16-18,29H2,1-2H3,(H,30,31). The minimum absolute atomic E-state index is 0.138. The zero-order valence-corrected chi connectivity index (χ0v) is 20.8. The van der Waals surface area contributed by atoms with Gasteiger partial charge in [0.2, 0.25) is 0 Å². The van der Waals surface area contributed by atoms with Crippen LogP contribution < -0.4 is 15.8 Å². The average molecular weight is 487 g/mol. The van der Waals surface area contributed by atoms with Crippen molar-refractivity contribution in [3.8, 4) is 5.75 Å². The highest BCUT2D eigenvalue weighted by Crippen LogP contribution is 2.29. The molecular weight excluding hydrogens is 452 g/mol. The summed E-state index contributed by atoms with van der Waals surface area (Å²) in [6, 6.07) is 14.3. The van der Waals surface area contributed by atoms with Gasteiger partial charge in [0.25, 0.3) is 5.91 Å². The van der Waals surface area contributed by atoms with Gasteiger partial charge in [-0.3, -0.25) is 4.79 Å². The van der Waals surface area contributed by atoms with E-state index in [0.29, 0.717) is 41.8 Å². The molecule has 184 valence electrons. The lowest BCUT2D eigenvalue weighted by atomic mass is 9.85. The molecule has 0 aromatic heterocycles.